The SMILES string of the molecule is CCc1nnc(Sc2ccccc2N)nc1CC. The Labute approximate surface area is 111 Å². The molecule has 0 amide bonds. The molecule has 0 atom stereocenters. The molecule has 0 saturated heterocycles. The number of aromatic nitrogens is 3. The molecular formula is C13H16N4S. The van der Waals surface area contributed by atoms with Crippen LogP contribution in [0.25, 0.3) is 0 Å². The second-order valence-electron chi connectivity index (χ2n) is 3.83. The third-order valence-electron chi connectivity index (χ3n) is 2.61. The first kappa shape index (κ1) is 12.8. The summed E-state index contributed by atoms with van der Waals surface area (Å²) < 4.78 is 0. The summed E-state index contributed by atoms with van der Waals surface area (Å²) in [5, 5.41) is 9.02. The van der Waals surface area contributed by atoms with Crippen LogP contribution in [0.4, 0.5) is 5.69 Å². The molecular weight excluding hydrogens is 244 g/mol. The van der Waals surface area contributed by atoms with Crippen LogP contribution in [0.2, 0.25) is 0 Å². The zero-order valence-corrected chi connectivity index (χ0v) is 11.4. The van der Waals surface area contributed by atoms with E-state index in [9.17, 15) is 0 Å². The topological polar surface area (TPSA) is 64.7 Å². The van der Waals surface area contributed by atoms with Crippen LogP contribution < -0.4 is 5.73 Å². The fourth-order valence-electron chi connectivity index (χ4n) is 1.64. The van der Waals surface area contributed by atoms with Gasteiger partial charge in [-0.05, 0) is 36.7 Å². The molecule has 94 valence electrons. The quantitative estimate of drug-likeness (QED) is 0.856. The second-order valence-corrected chi connectivity index (χ2v) is 4.84. The van der Waals surface area contributed by atoms with Gasteiger partial charge in [0.1, 0.15) is 0 Å². The fourth-order valence-corrected chi connectivity index (χ4v) is 2.40. The minimum atomic E-state index is 0.655. The predicted octanol–water partition coefficient (Wildman–Crippen LogP) is 2.73. The van der Waals surface area contributed by atoms with Gasteiger partial charge in [-0.2, -0.15) is 5.10 Å². The van der Waals surface area contributed by atoms with Gasteiger partial charge in [0.25, 0.3) is 0 Å². The van der Waals surface area contributed by atoms with Crippen LogP contribution in [0.5, 0.6) is 0 Å². The molecule has 18 heavy (non-hydrogen) atoms. The summed E-state index contributed by atoms with van der Waals surface area (Å²) in [6.07, 6.45) is 1.73. The molecule has 0 aliphatic heterocycles. The van der Waals surface area contributed by atoms with Crippen molar-refractivity contribution in [1.82, 2.24) is 15.2 Å². The van der Waals surface area contributed by atoms with Gasteiger partial charge in [-0.15, -0.1) is 5.10 Å². The lowest BCUT2D eigenvalue weighted by Gasteiger charge is -2.06. The van der Waals surface area contributed by atoms with Gasteiger partial charge >= 0.3 is 0 Å². The highest BCUT2D eigenvalue weighted by atomic mass is 32.2. The average molecular weight is 260 g/mol. The van der Waals surface area contributed by atoms with Gasteiger partial charge in [0, 0.05) is 10.6 Å². The van der Waals surface area contributed by atoms with Crippen molar-refractivity contribution < 1.29 is 0 Å². The molecule has 2 rings (SSSR count). The number of benzene rings is 1. The molecule has 4 nitrogen and oxygen atoms in total. The fraction of sp³-hybridized carbons (Fsp3) is 0.308. The molecule has 5 heteroatoms. The highest BCUT2D eigenvalue weighted by Gasteiger charge is 2.08. The van der Waals surface area contributed by atoms with Crippen molar-refractivity contribution in [3.05, 3.63) is 35.7 Å². The number of anilines is 1. The van der Waals surface area contributed by atoms with Crippen molar-refractivity contribution in [3.63, 3.8) is 0 Å². The minimum Gasteiger partial charge on any atom is -0.398 e. The summed E-state index contributed by atoms with van der Waals surface area (Å²) in [5.74, 6) is 0. The summed E-state index contributed by atoms with van der Waals surface area (Å²) in [4.78, 5) is 5.50. The highest BCUT2D eigenvalue weighted by molar-refractivity contribution is 7.99. The standard InChI is InChI=1S/C13H16N4S/c1-3-10-11(4-2)16-17-13(15-10)18-12-8-6-5-7-9(12)14/h5-8H,3-4,14H2,1-2H3. The van der Waals surface area contributed by atoms with E-state index in [1.54, 1.807) is 0 Å². The van der Waals surface area contributed by atoms with Gasteiger partial charge < -0.3 is 5.73 Å². The largest absolute Gasteiger partial charge is 0.398 e. The van der Waals surface area contributed by atoms with Crippen LogP contribution in [0.1, 0.15) is 25.2 Å². The molecule has 0 radical (unpaired) electrons. The molecule has 0 aliphatic carbocycles. The summed E-state index contributed by atoms with van der Waals surface area (Å²) in [6.45, 7) is 4.14. The van der Waals surface area contributed by atoms with E-state index < -0.39 is 0 Å². The third-order valence-corrected chi connectivity index (χ3v) is 3.56. The Hall–Kier alpha value is -1.62. The summed E-state index contributed by atoms with van der Waals surface area (Å²) >= 11 is 1.45. The monoisotopic (exact) mass is 260 g/mol. The zero-order chi connectivity index (χ0) is 13.0. The third kappa shape index (κ3) is 2.79. The Balaban J connectivity index is 2.27. The number of hydrogen-bond donors (Lipinski definition) is 1. The van der Waals surface area contributed by atoms with Crippen LogP contribution >= 0.6 is 11.8 Å². The Morgan fingerprint density at radius 3 is 2.44 bits per heavy atom. The van der Waals surface area contributed by atoms with Gasteiger partial charge in [0.05, 0.1) is 11.4 Å². The predicted molar refractivity (Wildman–Crippen MR) is 73.6 cm³/mol. The number of nitrogens with zero attached hydrogens (tertiary/aromatic N) is 3. The molecule has 1 aromatic heterocycles. The Bertz CT molecular complexity index is 542. The molecule has 1 aromatic carbocycles. The van der Waals surface area contributed by atoms with E-state index in [1.165, 1.54) is 11.8 Å². The van der Waals surface area contributed by atoms with Gasteiger partial charge in [0.15, 0.2) is 0 Å². The van der Waals surface area contributed by atoms with Crippen LogP contribution in [0.15, 0.2) is 34.3 Å². The summed E-state index contributed by atoms with van der Waals surface area (Å²) in [6, 6.07) is 7.70. The number of rotatable bonds is 4. The molecule has 0 fully saturated rings. The van der Waals surface area contributed by atoms with Crippen LogP contribution in [0, 0.1) is 0 Å². The van der Waals surface area contributed by atoms with Gasteiger partial charge in [-0.3, -0.25) is 0 Å². The second kappa shape index (κ2) is 5.82. The zero-order valence-electron chi connectivity index (χ0n) is 10.6. The lowest BCUT2D eigenvalue weighted by Crippen LogP contribution is -2.03. The smallest absolute Gasteiger partial charge is 0.214 e. The molecule has 2 N–H and O–H groups in total. The van der Waals surface area contributed by atoms with Crippen molar-refractivity contribution in [1.29, 1.82) is 0 Å². The van der Waals surface area contributed by atoms with Crippen LogP contribution in [-0.2, 0) is 12.8 Å². The minimum absolute atomic E-state index is 0.655. The first-order chi connectivity index (χ1) is 8.74. The van der Waals surface area contributed by atoms with Crippen LogP contribution in [-0.4, -0.2) is 15.2 Å². The van der Waals surface area contributed by atoms with Gasteiger partial charge in [-0.1, -0.05) is 26.0 Å². The maximum Gasteiger partial charge on any atom is 0.214 e. The average Bonchev–Trinajstić information content (AvgIpc) is 2.41. The van der Waals surface area contributed by atoms with E-state index in [-0.39, 0.29) is 0 Å². The lowest BCUT2D eigenvalue weighted by molar-refractivity contribution is 0.745. The van der Waals surface area contributed by atoms with Gasteiger partial charge in [-0.25, -0.2) is 4.98 Å². The van der Waals surface area contributed by atoms with E-state index in [0.717, 1.165) is 34.8 Å². The van der Waals surface area contributed by atoms with E-state index in [4.69, 9.17) is 5.73 Å². The lowest BCUT2D eigenvalue weighted by atomic mass is 10.2. The van der Waals surface area contributed by atoms with E-state index >= 15 is 0 Å². The van der Waals surface area contributed by atoms with Crippen LogP contribution in [0.3, 0.4) is 0 Å². The maximum atomic E-state index is 5.90. The summed E-state index contributed by atoms with van der Waals surface area (Å²) in [7, 11) is 0. The van der Waals surface area contributed by atoms with Crippen molar-refractivity contribution in [2.24, 2.45) is 0 Å². The van der Waals surface area contributed by atoms with Crippen molar-refractivity contribution in [2.75, 3.05) is 5.73 Å². The number of nitrogen functional groups attached to an aromatic ring is 1. The first-order valence-electron chi connectivity index (χ1n) is 5.99. The maximum absolute atomic E-state index is 5.90. The Kier molecular flexibility index (Phi) is 4.15. The van der Waals surface area contributed by atoms with E-state index in [2.05, 4.69) is 29.0 Å². The Morgan fingerprint density at radius 1 is 1.06 bits per heavy atom. The molecule has 1 heterocycles. The molecule has 0 bridgehead atoms. The molecule has 0 spiro atoms. The molecule has 2 aromatic rings. The summed E-state index contributed by atoms with van der Waals surface area (Å²) in [5.41, 5.74) is 8.63. The normalized spacial score (nSPS) is 10.6. The molecule has 0 saturated carbocycles. The molecule has 0 unspecified atom stereocenters. The Morgan fingerprint density at radius 2 is 1.78 bits per heavy atom. The number of hydrogen-bond acceptors (Lipinski definition) is 5. The van der Waals surface area contributed by atoms with E-state index in [0.29, 0.717) is 5.16 Å². The number of nitrogens with two attached hydrogens (primary N) is 1. The number of para-hydroxylation sites is 1. The highest BCUT2D eigenvalue weighted by Crippen LogP contribution is 2.29. The van der Waals surface area contributed by atoms with E-state index in [1.807, 2.05) is 24.3 Å². The first-order valence-corrected chi connectivity index (χ1v) is 6.81. The van der Waals surface area contributed by atoms with Crippen molar-refractivity contribution in [3.8, 4) is 0 Å². The van der Waals surface area contributed by atoms with Crippen molar-refractivity contribution >= 4 is 17.4 Å². The molecule has 0 aliphatic rings. The van der Waals surface area contributed by atoms with Crippen molar-refractivity contribution in [2.45, 2.75) is 36.7 Å². The van der Waals surface area contributed by atoms with Gasteiger partial charge in [0.2, 0.25) is 5.16 Å². The number of aryl methyl sites for hydroxylation is 2.